The van der Waals surface area contributed by atoms with Crippen molar-refractivity contribution in [3.63, 3.8) is 0 Å². The quantitative estimate of drug-likeness (QED) is 0.537. The van der Waals surface area contributed by atoms with Crippen molar-refractivity contribution < 1.29 is 24.2 Å². The normalized spacial score (nSPS) is 14.6. The Kier molecular flexibility index (Phi) is 5.43. The molecule has 0 unspecified atom stereocenters. The summed E-state index contributed by atoms with van der Waals surface area (Å²) in [6, 6.07) is 0. The minimum Gasteiger partial charge on any atom is -0.479 e. The highest BCUT2D eigenvalue weighted by Crippen LogP contribution is 2.35. The van der Waals surface area contributed by atoms with Gasteiger partial charge in [0.2, 0.25) is 5.88 Å². The average molecular weight is 373 g/mol. The Morgan fingerprint density at radius 1 is 1.33 bits per heavy atom. The van der Waals surface area contributed by atoms with Crippen molar-refractivity contribution in [2.24, 2.45) is 11.7 Å². The molecule has 0 bridgehead atoms. The van der Waals surface area contributed by atoms with E-state index in [2.05, 4.69) is 4.98 Å². The Hall–Kier alpha value is -2.90. The van der Waals surface area contributed by atoms with Crippen LogP contribution < -0.4 is 10.5 Å². The van der Waals surface area contributed by atoms with Gasteiger partial charge in [0.1, 0.15) is 5.52 Å². The predicted molar refractivity (Wildman–Crippen MR) is 96.9 cm³/mol. The van der Waals surface area contributed by atoms with Crippen molar-refractivity contribution in [2.75, 3.05) is 6.61 Å². The molecular weight excluding hydrogens is 350 g/mol. The lowest BCUT2D eigenvalue weighted by atomic mass is 9.96. The summed E-state index contributed by atoms with van der Waals surface area (Å²) < 4.78 is 7.10. The first-order valence-electron chi connectivity index (χ1n) is 9.13. The maximum absolute atomic E-state index is 12.6. The third-order valence-corrected chi connectivity index (χ3v) is 5.12. The second-order valence-corrected chi connectivity index (χ2v) is 6.84. The molecule has 2 heterocycles. The molecule has 0 atom stereocenters. The number of carbonyl (C=O) groups is 3. The van der Waals surface area contributed by atoms with Gasteiger partial charge in [0, 0.05) is 18.1 Å². The summed E-state index contributed by atoms with van der Waals surface area (Å²) in [5.41, 5.74) is 7.45. The van der Waals surface area contributed by atoms with E-state index in [1.54, 1.807) is 10.6 Å². The summed E-state index contributed by atoms with van der Waals surface area (Å²) >= 11 is 0. The fourth-order valence-electron chi connectivity index (χ4n) is 3.99. The van der Waals surface area contributed by atoms with E-state index in [1.165, 1.54) is 19.0 Å². The van der Waals surface area contributed by atoms with Gasteiger partial charge in [0.25, 0.3) is 11.7 Å². The van der Waals surface area contributed by atoms with Crippen LogP contribution in [0.25, 0.3) is 5.52 Å². The van der Waals surface area contributed by atoms with Crippen LogP contribution in [-0.4, -0.2) is 38.8 Å². The zero-order valence-corrected chi connectivity index (χ0v) is 15.2. The van der Waals surface area contributed by atoms with Gasteiger partial charge in [-0.2, -0.15) is 0 Å². The number of carboxylic acid groups (broad SMARTS) is 1. The molecule has 3 N–H and O–H groups in total. The van der Waals surface area contributed by atoms with Gasteiger partial charge in [-0.05, 0) is 24.3 Å². The van der Waals surface area contributed by atoms with E-state index in [0.717, 1.165) is 30.5 Å². The van der Waals surface area contributed by atoms with Crippen LogP contribution >= 0.6 is 0 Å². The van der Waals surface area contributed by atoms with Gasteiger partial charge in [-0.15, -0.1) is 0 Å². The van der Waals surface area contributed by atoms with Gasteiger partial charge in [-0.3, -0.25) is 9.59 Å². The lowest BCUT2D eigenvalue weighted by molar-refractivity contribution is -0.139. The highest BCUT2D eigenvalue weighted by molar-refractivity contribution is 6.44. The van der Waals surface area contributed by atoms with Crippen molar-refractivity contribution in [3.8, 4) is 5.88 Å². The van der Waals surface area contributed by atoms with Gasteiger partial charge in [0.05, 0.1) is 5.56 Å². The third-order valence-electron chi connectivity index (χ3n) is 5.12. The van der Waals surface area contributed by atoms with Crippen molar-refractivity contribution in [2.45, 2.75) is 45.4 Å². The molecule has 0 radical (unpaired) electrons. The van der Waals surface area contributed by atoms with E-state index in [-0.39, 0.29) is 11.4 Å². The standard InChI is InChI=1S/C19H23N3O5/c1-2-12-13(9-11-5-3-4-6-11)22-8-7-21-19(27-10-14(23)24)16(22)15(12)17(25)18(20)26/h7-8,11H,2-6,9-10H2,1H3,(H2,20,26)(H,23,24). The minimum atomic E-state index is -1.16. The van der Waals surface area contributed by atoms with E-state index in [4.69, 9.17) is 15.6 Å². The maximum atomic E-state index is 12.6. The molecule has 2 aromatic heterocycles. The van der Waals surface area contributed by atoms with E-state index >= 15 is 0 Å². The number of nitrogens with two attached hydrogens (primary N) is 1. The third kappa shape index (κ3) is 3.65. The van der Waals surface area contributed by atoms with Gasteiger partial charge in [-0.1, -0.05) is 32.6 Å². The van der Waals surface area contributed by atoms with Crippen LogP contribution in [0.15, 0.2) is 12.4 Å². The first-order valence-corrected chi connectivity index (χ1v) is 9.13. The molecule has 27 heavy (non-hydrogen) atoms. The Labute approximate surface area is 156 Å². The monoisotopic (exact) mass is 373 g/mol. The molecule has 0 aromatic carbocycles. The SMILES string of the molecule is CCc1c(C(=O)C(N)=O)c2c(OCC(=O)O)nccn2c1CC1CCCC1. The first-order chi connectivity index (χ1) is 12.9. The topological polar surface area (TPSA) is 124 Å². The van der Waals surface area contributed by atoms with Crippen LogP contribution in [0.5, 0.6) is 5.88 Å². The van der Waals surface area contributed by atoms with E-state index in [9.17, 15) is 14.4 Å². The number of fused-ring (bicyclic) bond motifs is 1. The summed E-state index contributed by atoms with van der Waals surface area (Å²) in [7, 11) is 0. The van der Waals surface area contributed by atoms with Crippen molar-refractivity contribution in [1.29, 1.82) is 0 Å². The van der Waals surface area contributed by atoms with Crippen molar-refractivity contribution in [1.82, 2.24) is 9.38 Å². The number of hydrogen-bond donors (Lipinski definition) is 2. The number of hydrogen-bond acceptors (Lipinski definition) is 5. The molecule has 1 saturated carbocycles. The predicted octanol–water partition coefficient (Wildman–Crippen LogP) is 1.76. The highest BCUT2D eigenvalue weighted by atomic mass is 16.5. The number of aromatic nitrogens is 2. The number of amides is 1. The smallest absolute Gasteiger partial charge is 0.341 e. The van der Waals surface area contributed by atoms with Crippen molar-refractivity contribution >= 4 is 23.2 Å². The molecule has 0 saturated heterocycles. The van der Waals surface area contributed by atoms with Gasteiger partial charge in [-0.25, -0.2) is 9.78 Å². The summed E-state index contributed by atoms with van der Waals surface area (Å²) in [4.78, 5) is 39.2. The number of ether oxygens (including phenoxy) is 1. The highest BCUT2D eigenvalue weighted by Gasteiger charge is 2.29. The van der Waals surface area contributed by atoms with Crippen LogP contribution in [0.3, 0.4) is 0 Å². The molecule has 8 heteroatoms. The Morgan fingerprint density at radius 2 is 2.04 bits per heavy atom. The fourth-order valence-corrected chi connectivity index (χ4v) is 3.99. The number of ketones is 1. The lowest BCUT2D eigenvalue weighted by Crippen LogP contribution is -2.24. The van der Waals surface area contributed by atoms with Crippen LogP contribution in [0.1, 0.15) is 54.2 Å². The first kappa shape index (κ1) is 18.9. The molecule has 0 aliphatic heterocycles. The fraction of sp³-hybridized carbons (Fsp3) is 0.474. The molecule has 1 amide bonds. The molecule has 2 aromatic rings. The Morgan fingerprint density at radius 3 is 2.63 bits per heavy atom. The van der Waals surface area contributed by atoms with E-state index < -0.39 is 24.3 Å². The molecule has 3 rings (SSSR count). The molecule has 1 fully saturated rings. The maximum Gasteiger partial charge on any atom is 0.341 e. The number of carboxylic acids is 1. The zero-order chi connectivity index (χ0) is 19.6. The number of primary amides is 1. The van der Waals surface area contributed by atoms with E-state index in [0.29, 0.717) is 17.9 Å². The molecule has 8 nitrogen and oxygen atoms in total. The molecule has 1 aliphatic carbocycles. The van der Waals surface area contributed by atoms with Gasteiger partial charge >= 0.3 is 5.97 Å². The second kappa shape index (κ2) is 7.77. The summed E-state index contributed by atoms with van der Waals surface area (Å²) in [6.45, 7) is 1.32. The second-order valence-electron chi connectivity index (χ2n) is 6.84. The minimum absolute atomic E-state index is 0.0110. The molecule has 144 valence electrons. The lowest BCUT2D eigenvalue weighted by Gasteiger charge is -2.12. The van der Waals surface area contributed by atoms with Gasteiger partial charge < -0.3 is 20.0 Å². The summed E-state index contributed by atoms with van der Waals surface area (Å²) in [5, 5.41) is 8.91. The Balaban J connectivity index is 2.21. The number of Topliss-reactive ketones (excluding diaryl/α,β-unsaturated/α-hetero) is 1. The Bertz CT molecular complexity index is 896. The molecular formula is C19H23N3O5. The number of aliphatic carboxylic acids is 1. The van der Waals surface area contributed by atoms with Crippen LogP contribution in [0.4, 0.5) is 0 Å². The number of nitrogens with zero attached hydrogens (tertiary/aromatic N) is 2. The summed E-state index contributed by atoms with van der Waals surface area (Å²) in [6.07, 6.45) is 9.17. The summed E-state index contributed by atoms with van der Waals surface area (Å²) in [5.74, 6) is -2.50. The van der Waals surface area contributed by atoms with E-state index in [1.807, 2.05) is 6.92 Å². The van der Waals surface area contributed by atoms with Crippen LogP contribution in [-0.2, 0) is 22.4 Å². The zero-order valence-electron chi connectivity index (χ0n) is 15.2. The van der Waals surface area contributed by atoms with Crippen LogP contribution in [0.2, 0.25) is 0 Å². The largest absolute Gasteiger partial charge is 0.479 e. The van der Waals surface area contributed by atoms with Crippen LogP contribution in [0, 0.1) is 5.92 Å². The average Bonchev–Trinajstić information content (AvgIpc) is 3.25. The van der Waals surface area contributed by atoms with Crippen molar-refractivity contribution in [3.05, 3.63) is 29.2 Å². The number of carbonyl (C=O) groups excluding carboxylic acids is 2. The molecule has 0 spiro atoms. The number of rotatable bonds is 8. The van der Waals surface area contributed by atoms with Gasteiger partial charge in [0.15, 0.2) is 6.61 Å². The molecule has 1 aliphatic rings.